The van der Waals surface area contributed by atoms with Crippen LogP contribution < -0.4 is 0 Å². The number of aliphatic hydroxyl groups excluding tert-OH is 1. The standard InChI is InChI=1S/C11H20N2O2/c14-9-10-3-1-4-12(7-10)8-11(15)13-5-2-6-13/h10,14H,1-9H2. The number of hydrogen-bond donors (Lipinski definition) is 1. The van der Waals surface area contributed by atoms with Gasteiger partial charge in [-0.25, -0.2) is 0 Å². The van der Waals surface area contributed by atoms with Crippen molar-refractivity contribution >= 4 is 5.91 Å². The summed E-state index contributed by atoms with van der Waals surface area (Å²) in [6, 6.07) is 0. The molecule has 2 aliphatic rings. The number of carbonyl (C=O) groups excluding carboxylic acids is 1. The Bertz CT molecular complexity index is 229. The molecule has 0 aromatic carbocycles. The molecule has 86 valence electrons. The third kappa shape index (κ3) is 2.69. The van der Waals surface area contributed by atoms with E-state index in [1.165, 1.54) is 0 Å². The molecule has 2 heterocycles. The highest BCUT2D eigenvalue weighted by molar-refractivity contribution is 5.78. The van der Waals surface area contributed by atoms with Gasteiger partial charge in [0, 0.05) is 26.2 Å². The number of rotatable bonds is 3. The van der Waals surface area contributed by atoms with Crippen LogP contribution in [0.3, 0.4) is 0 Å². The SMILES string of the molecule is O=C(CN1CCCC(CO)C1)N1CCC1. The van der Waals surface area contributed by atoms with Crippen molar-refractivity contribution in [3.05, 3.63) is 0 Å². The second-order valence-electron chi connectivity index (χ2n) is 4.66. The summed E-state index contributed by atoms with van der Waals surface area (Å²) < 4.78 is 0. The van der Waals surface area contributed by atoms with Gasteiger partial charge in [-0.3, -0.25) is 9.69 Å². The molecular formula is C11H20N2O2. The van der Waals surface area contributed by atoms with E-state index < -0.39 is 0 Å². The lowest BCUT2D eigenvalue weighted by molar-refractivity contribution is -0.136. The lowest BCUT2D eigenvalue weighted by Gasteiger charge is -2.36. The summed E-state index contributed by atoms with van der Waals surface area (Å²) in [4.78, 5) is 15.8. The molecule has 2 fully saturated rings. The average Bonchev–Trinajstić information content (AvgIpc) is 2.15. The topological polar surface area (TPSA) is 43.8 Å². The summed E-state index contributed by atoms with van der Waals surface area (Å²) in [5.41, 5.74) is 0. The van der Waals surface area contributed by atoms with Crippen LogP contribution in [-0.4, -0.2) is 60.1 Å². The number of piperidine rings is 1. The third-order valence-corrected chi connectivity index (χ3v) is 3.43. The van der Waals surface area contributed by atoms with Crippen molar-refractivity contribution in [3.8, 4) is 0 Å². The van der Waals surface area contributed by atoms with Gasteiger partial charge in [0.15, 0.2) is 0 Å². The van der Waals surface area contributed by atoms with Gasteiger partial charge in [-0.1, -0.05) is 0 Å². The van der Waals surface area contributed by atoms with Gasteiger partial charge in [0.05, 0.1) is 6.54 Å². The zero-order valence-corrected chi connectivity index (χ0v) is 9.19. The summed E-state index contributed by atoms with van der Waals surface area (Å²) in [5.74, 6) is 0.641. The normalized spacial score (nSPS) is 27.5. The fourth-order valence-electron chi connectivity index (χ4n) is 2.30. The molecule has 0 aliphatic carbocycles. The number of amides is 1. The molecule has 0 saturated carbocycles. The van der Waals surface area contributed by atoms with E-state index >= 15 is 0 Å². The van der Waals surface area contributed by atoms with Crippen molar-refractivity contribution in [1.82, 2.24) is 9.80 Å². The van der Waals surface area contributed by atoms with Crippen LogP contribution in [0.25, 0.3) is 0 Å². The van der Waals surface area contributed by atoms with Crippen molar-refractivity contribution in [2.24, 2.45) is 5.92 Å². The second-order valence-corrected chi connectivity index (χ2v) is 4.66. The highest BCUT2D eigenvalue weighted by atomic mass is 16.3. The molecule has 4 heteroatoms. The fourth-order valence-corrected chi connectivity index (χ4v) is 2.30. The number of hydrogen-bond acceptors (Lipinski definition) is 3. The quantitative estimate of drug-likeness (QED) is 0.712. The van der Waals surface area contributed by atoms with Gasteiger partial charge in [-0.2, -0.15) is 0 Å². The van der Waals surface area contributed by atoms with Crippen molar-refractivity contribution in [3.63, 3.8) is 0 Å². The van der Waals surface area contributed by atoms with Crippen LogP contribution in [0.4, 0.5) is 0 Å². The van der Waals surface area contributed by atoms with E-state index in [2.05, 4.69) is 4.90 Å². The van der Waals surface area contributed by atoms with Crippen molar-refractivity contribution < 1.29 is 9.90 Å². The monoisotopic (exact) mass is 212 g/mol. The first-order valence-electron chi connectivity index (χ1n) is 5.90. The molecule has 1 N–H and O–H groups in total. The lowest BCUT2D eigenvalue weighted by Crippen LogP contribution is -2.49. The average molecular weight is 212 g/mol. The van der Waals surface area contributed by atoms with Gasteiger partial charge in [0.25, 0.3) is 0 Å². The zero-order chi connectivity index (χ0) is 10.7. The number of carbonyl (C=O) groups is 1. The van der Waals surface area contributed by atoms with Gasteiger partial charge in [-0.15, -0.1) is 0 Å². The Morgan fingerprint density at radius 3 is 2.67 bits per heavy atom. The van der Waals surface area contributed by atoms with E-state index in [0.717, 1.165) is 45.4 Å². The Morgan fingerprint density at radius 2 is 2.07 bits per heavy atom. The Labute approximate surface area is 90.9 Å². The van der Waals surface area contributed by atoms with E-state index in [-0.39, 0.29) is 12.5 Å². The van der Waals surface area contributed by atoms with Crippen LogP contribution in [0, 0.1) is 5.92 Å². The third-order valence-electron chi connectivity index (χ3n) is 3.43. The molecular weight excluding hydrogens is 192 g/mol. The molecule has 0 aromatic heterocycles. The minimum Gasteiger partial charge on any atom is -0.396 e. The Kier molecular flexibility index (Phi) is 3.59. The zero-order valence-electron chi connectivity index (χ0n) is 9.19. The number of likely N-dealkylation sites (tertiary alicyclic amines) is 2. The van der Waals surface area contributed by atoms with Crippen LogP contribution in [-0.2, 0) is 4.79 Å². The molecule has 1 amide bonds. The first-order valence-corrected chi connectivity index (χ1v) is 5.90. The molecule has 2 saturated heterocycles. The van der Waals surface area contributed by atoms with Gasteiger partial charge < -0.3 is 10.0 Å². The molecule has 2 aliphatic heterocycles. The second kappa shape index (κ2) is 4.94. The van der Waals surface area contributed by atoms with Crippen molar-refractivity contribution in [2.75, 3.05) is 39.3 Å². The molecule has 4 nitrogen and oxygen atoms in total. The molecule has 1 atom stereocenters. The minimum atomic E-state index is 0.258. The molecule has 15 heavy (non-hydrogen) atoms. The van der Waals surface area contributed by atoms with Crippen molar-refractivity contribution in [1.29, 1.82) is 0 Å². The summed E-state index contributed by atoms with van der Waals surface area (Å²) in [6.07, 6.45) is 3.37. The molecule has 0 radical (unpaired) electrons. The smallest absolute Gasteiger partial charge is 0.236 e. The Hall–Kier alpha value is -0.610. The first kappa shape index (κ1) is 10.9. The molecule has 1 unspecified atom stereocenters. The van der Waals surface area contributed by atoms with Gasteiger partial charge in [0.2, 0.25) is 5.91 Å². The predicted octanol–water partition coefficient (Wildman–Crippen LogP) is -0.0770. The highest BCUT2D eigenvalue weighted by Crippen LogP contribution is 2.16. The Morgan fingerprint density at radius 1 is 1.27 bits per heavy atom. The fraction of sp³-hybridized carbons (Fsp3) is 0.909. The van der Waals surface area contributed by atoms with Crippen LogP contribution in [0.5, 0.6) is 0 Å². The van der Waals surface area contributed by atoms with Crippen LogP contribution in [0.1, 0.15) is 19.3 Å². The van der Waals surface area contributed by atoms with E-state index in [9.17, 15) is 4.79 Å². The minimum absolute atomic E-state index is 0.258. The number of aliphatic hydroxyl groups is 1. The van der Waals surface area contributed by atoms with Crippen LogP contribution in [0.2, 0.25) is 0 Å². The van der Waals surface area contributed by atoms with E-state index in [1.807, 2.05) is 4.90 Å². The maximum atomic E-state index is 11.7. The maximum Gasteiger partial charge on any atom is 0.236 e. The van der Waals surface area contributed by atoms with E-state index in [0.29, 0.717) is 12.5 Å². The first-order chi connectivity index (χ1) is 7.29. The van der Waals surface area contributed by atoms with Crippen LogP contribution in [0.15, 0.2) is 0 Å². The summed E-state index contributed by atoms with van der Waals surface area (Å²) in [7, 11) is 0. The summed E-state index contributed by atoms with van der Waals surface area (Å²) in [5, 5.41) is 9.09. The van der Waals surface area contributed by atoms with Gasteiger partial charge >= 0.3 is 0 Å². The molecule has 2 rings (SSSR count). The van der Waals surface area contributed by atoms with E-state index in [4.69, 9.17) is 5.11 Å². The maximum absolute atomic E-state index is 11.7. The number of nitrogens with zero attached hydrogens (tertiary/aromatic N) is 2. The van der Waals surface area contributed by atoms with Gasteiger partial charge in [-0.05, 0) is 31.7 Å². The molecule has 0 spiro atoms. The summed E-state index contributed by atoms with van der Waals surface area (Å²) >= 11 is 0. The lowest BCUT2D eigenvalue weighted by atomic mass is 9.99. The molecule has 0 aromatic rings. The van der Waals surface area contributed by atoms with Gasteiger partial charge in [0.1, 0.15) is 0 Å². The van der Waals surface area contributed by atoms with Crippen molar-refractivity contribution in [2.45, 2.75) is 19.3 Å². The predicted molar refractivity (Wildman–Crippen MR) is 57.4 cm³/mol. The van der Waals surface area contributed by atoms with E-state index in [1.54, 1.807) is 0 Å². The Balaban J connectivity index is 1.75. The van der Waals surface area contributed by atoms with Crippen LogP contribution >= 0.6 is 0 Å². The highest BCUT2D eigenvalue weighted by Gasteiger charge is 2.25. The molecule has 0 bridgehead atoms. The summed E-state index contributed by atoms with van der Waals surface area (Å²) in [6.45, 7) is 4.59. The largest absolute Gasteiger partial charge is 0.396 e.